The van der Waals surface area contributed by atoms with Crippen LogP contribution in [0.4, 0.5) is 10.2 Å². The van der Waals surface area contributed by atoms with Gasteiger partial charge in [-0.2, -0.15) is 0 Å². The molecule has 172 valence electrons. The molecule has 0 aliphatic carbocycles. The van der Waals surface area contributed by atoms with Crippen molar-refractivity contribution in [2.75, 3.05) is 12.4 Å². The zero-order chi connectivity index (χ0) is 23.9. The number of carboxylic acid groups (broad SMARTS) is 1. The van der Waals surface area contributed by atoms with Gasteiger partial charge in [0.15, 0.2) is 0 Å². The fourth-order valence-electron chi connectivity index (χ4n) is 3.64. The number of carboxylic acids is 1. The molecular weight excluding hydrogens is 433 g/mol. The molecule has 0 spiro atoms. The molecule has 1 unspecified atom stereocenters. The van der Waals surface area contributed by atoms with Gasteiger partial charge < -0.3 is 15.2 Å². The molecule has 7 heteroatoms. The molecule has 0 saturated carbocycles. The zero-order valence-electron chi connectivity index (χ0n) is 18.6. The summed E-state index contributed by atoms with van der Waals surface area (Å²) in [5, 5.41) is 12.9. The molecule has 0 radical (unpaired) electrons. The summed E-state index contributed by atoms with van der Waals surface area (Å²) >= 11 is 0. The van der Waals surface area contributed by atoms with E-state index in [1.54, 1.807) is 43.6 Å². The molecular formula is C27H24FN3O3. The summed E-state index contributed by atoms with van der Waals surface area (Å²) in [7, 11) is 1.56. The second-order valence-corrected chi connectivity index (χ2v) is 7.78. The van der Waals surface area contributed by atoms with Crippen LogP contribution in [-0.4, -0.2) is 34.2 Å². The van der Waals surface area contributed by atoms with E-state index in [0.29, 0.717) is 28.5 Å². The molecule has 1 aromatic heterocycles. The molecule has 6 nitrogen and oxygen atoms in total. The van der Waals surface area contributed by atoms with Crippen molar-refractivity contribution in [2.24, 2.45) is 0 Å². The minimum absolute atomic E-state index is 0.161. The molecule has 1 heterocycles. The Hall–Kier alpha value is -4.26. The van der Waals surface area contributed by atoms with Crippen LogP contribution in [0.2, 0.25) is 0 Å². The third-order valence-electron chi connectivity index (χ3n) is 5.41. The number of nitrogens with one attached hydrogen (secondary N) is 1. The van der Waals surface area contributed by atoms with Gasteiger partial charge in [0.05, 0.1) is 24.7 Å². The molecule has 1 atom stereocenters. The van der Waals surface area contributed by atoms with Crippen LogP contribution in [0.1, 0.15) is 16.8 Å². The van der Waals surface area contributed by atoms with Crippen LogP contribution in [0.3, 0.4) is 0 Å². The molecule has 0 saturated heterocycles. The maximum atomic E-state index is 14.4. The first-order valence-corrected chi connectivity index (χ1v) is 10.8. The maximum absolute atomic E-state index is 14.4. The number of carbonyl (C=O) groups is 1. The van der Waals surface area contributed by atoms with Gasteiger partial charge in [0.1, 0.15) is 23.4 Å². The lowest BCUT2D eigenvalue weighted by Crippen LogP contribution is -2.32. The number of aliphatic carboxylic acids is 1. The molecule has 2 N–H and O–H groups in total. The Labute approximate surface area is 197 Å². The number of ether oxygens (including phenoxy) is 1. The number of methoxy groups -OCH3 is 1. The number of halogens is 1. The highest BCUT2D eigenvalue weighted by molar-refractivity contribution is 5.77. The summed E-state index contributed by atoms with van der Waals surface area (Å²) in [6.45, 7) is 0. The number of hydrogen-bond acceptors (Lipinski definition) is 5. The number of hydrogen-bond donors (Lipinski definition) is 2. The first-order chi connectivity index (χ1) is 16.5. The van der Waals surface area contributed by atoms with Gasteiger partial charge in [-0.05, 0) is 29.3 Å². The van der Waals surface area contributed by atoms with Crippen LogP contribution in [-0.2, 0) is 17.6 Å². The zero-order valence-corrected chi connectivity index (χ0v) is 18.6. The Morgan fingerprint density at radius 1 is 1.06 bits per heavy atom. The SMILES string of the molecule is COc1cccc(CC(Nc2ncc(-c3ccccc3)nc2Cc2ccccc2F)C(=O)O)c1. The molecule has 4 aromatic rings. The standard InChI is InChI=1S/C27H24FN3O3/c1-34-21-12-7-8-18(14-21)15-24(27(32)33)31-26-23(16-20-11-5-6-13-22(20)28)30-25(17-29-26)19-9-3-2-4-10-19/h2-14,17,24H,15-16H2,1H3,(H,29,31)(H,32,33). The van der Waals surface area contributed by atoms with Crippen molar-refractivity contribution >= 4 is 11.8 Å². The molecule has 0 aliphatic rings. The quantitative estimate of drug-likeness (QED) is 0.368. The Morgan fingerprint density at radius 3 is 2.56 bits per heavy atom. The van der Waals surface area contributed by atoms with Crippen molar-refractivity contribution in [1.82, 2.24) is 9.97 Å². The highest BCUT2D eigenvalue weighted by Crippen LogP contribution is 2.24. The number of aromatic nitrogens is 2. The van der Waals surface area contributed by atoms with E-state index in [1.807, 2.05) is 42.5 Å². The lowest BCUT2D eigenvalue weighted by atomic mass is 10.0. The number of benzene rings is 3. The van der Waals surface area contributed by atoms with Crippen LogP contribution < -0.4 is 10.1 Å². The Morgan fingerprint density at radius 2 is 1.82 bits per heavy atom. The fourth-order valence-corrected chi connectivity index (χ4v) is 3.64. The molecule has 0 aliphatic heterocycles. The molecule has 4 rings (SSSR count). The molecule has 0 bridgehead atoms. The van der Waals surface area contributed by atoms with Gasteiger partial charge in [0, 0.05) is 18.4 Å². The molecule has 3 aromatic carbocycles. The minimum atomic E-state index is -1.03. The first kappa shape index (κ1) is 22.9. The van der Waals surface area contributed by atoms with Crippen molar-refractivity contribution in [3.63, 3.8) is 0 Å². The van der Waals surface area contributed by atoms with E-state index >= 15 is 0 Å². The van der Waals surface area contributed by atoms with Crippen molar-refractivity contribution in [3.05, 3.63) is 108 Å². The molecule has 0 amide bonds. The Balaban J connectivity index is 1.68. The van der Waals surface area contributed by atoms with Gasteiger partial charge >= 0.3 is 5.97 Å². The molecule has 34 heavy (non-hydrogen) atoms. The third kappa shape index (κ3) is 5.56. The second kappa shape index (κ2) is 10.6. The van der Waals surface area contributed by atoms with Gasteiger partial charge in [-0.1, -0.05) is 60.7 Å². The highest BCUT2D eigenvalue weighted by atomic mass is 19.1. The Bertz CT molecular complexity index is 1280. The van der Waals surface area contributed by atoms with Crippen LogP contribution >= 0.6 is 0 Å². The normalized spacial score (nSPS) is 11.6. The van der Waals surface area contributed by atoms with Gasteiger partial charge in [-0.25, -0.2) is 19.2 Å². The lowest BCUT2D eigenvalue weighted by Gasteiger charge is -2.18. The van der Waals surface area contributed by atoms with Crippen molar-refractivity contribution < 1.29 is 19.0 Å². The average Bonchev–Trinajstić information content (AvgIpc) is 2.86. The van der Waals surface area contributed by atoms with Crippen LogP contribution in [0, 0.1) is 5.82 Å². The summed E-state index contributed by atoms with van der Waals surface area (Å²) in [4.78, 5) is 21.3. The van der Waals surface area contributed by atoms with Gasteiger partial charge in [0.25, 0.3) is 0 Å². The van der Waals surface area contributed by atoms with Crippen LogP contribution in [0.15, 0.2) is 85.1 Å². The third-order valence-corrected chi connectivity index (χ3v) is 5.41. The van der Waals surface area contributed by atoms with Gasteiger partial charge in [-0.3, -0.25) is 0 Å². The van der Waals surface area contributed by atoms with E-state index in [1.165, 1.54) is 6.07 Å². The second-order valence-electron chi connectivity index (χ2n) is 7.78. The van der Waals surface area contributed by atoms with Crippen molar-refractivity contribution in [2.45, 2.75) is 18.9 Å². The number of nitrogens with zero attached hydrogens (tertiary/aromatic N) is 2. The van der Waals surface area contributed by atoms with Crippen LogP contribution in [0.5, 0.6) is 5.75 Å². The van der Waals surface area contributed by atoms with E-state index in [9.17, 15) is 14.3 Å². The summed E-state index contributed by atoms with van der Waals surface area (Å²) in [6, 6.07) is 22.2. The number of rotatable bonds is 9. The maximum Gasteiger partial charge on any atom is 0.326 e. The average molecular weight is 458 g/mol. The summed E-state index contributed by atoms with van der Waals surface area (Å²) in [6.07, 6.45) is 1.95. The predicted octanol–water partition coefficient (Wildman–Crippen LogP) is 4.99. The van der Waals surface area contributed by atoms with Crippen molar-refractivity contribution in [1.29, 1.82) is 0 Å². The number of anilines is 1. The molecule has 0 fully saturated rings. The van der Waals surface area contributed by atoms with E-state index in [2.05, 4.69) is 10.3 Å². The lowest BCUT2D eigenvalue weighted by molar-refractivity contribution is -0.137. The van der Waals surface area contributed by atoms with E-state index in [-0.39, 0.29) is 18.7 Å². The summed E-state index contributed by atoms with van der Waals surface area (Å²) in [5.74, 6) is -0.438. The smallest absolute Gasteiger partial charge is 0.326 e. The minimum Gasteiger partial charge on any atom is -0.497 e. The Kier molecular flexibility index (Phi) is 7.13. The van der Waals surface area contributed by atoms with E-state index < -0.39 is 12.0 Å². The van der Waals surface area contributed by atoms with Gasteiger partial charge in [0.2, 0.25) is 0 Å². The van der Waals surface area contributed by atoms with Crippen molar-refractivity contribution in [3.8, 4) is 17.0 Å². The van der Waals surface area contributed by atoms with Gasteiger partial charge in [-0.15, -0.1) is 0 Å². The van der Waals surface area contributed by atoms with Crippen LogP contribution in [0.25, 0.3) is 11.3 Å². The van der Waals surface area contributed by atoms with E-state index in [4.69, 9.17) is 9.72 Å². The summed E-state index contributed by atoms with van der Waals surface area (Å²) < 4.78 is 19.6. The largest absolute Gasteiger partial charge is 0.497 e. The topological polar surface area (TPSA) is 84.3 Å². The predicted molar refractivity (Wildman–Crippen MR) is 128 cm³/mol. The monoisotopic (exact) mass is 457 g/mol. The fraction of sp³-hybridized carbons (Fsp3) is 0.148. The van der Waals surface area contributed by atoms with E-state index in [0.717, 1.165) is 11.1 Å². The first-order valence-electron chi connectivity index (χ1n) is 10.8. The summed E-state index contributed by atoms with van der Waals surface area (Å²) in [5.41, 5.74) is 3.19. The highest BCUT2D eigenvalue weighted by Gasteiger charge is 2.22.